The maximum absolute atomic E-state index is 2.44. The first kappa shape index (κ1) is 54.1. The molecule has 0 N–H and O–H groups in total. The van der Waals surface area contributed by atoms with Crippen LogP contribution in [0.4, 0.5) is 0 Å². The summed E-state index contributed by atoms with van der Waals surface area (Å²) in [7, 11) is 0. The van der Waals surface area contributed by atoms with Crippen molar-refractivity contribution in [2.75, 3.05) is 0 Å². The van der Waals surface area contributed by atoms with Crippen molar-refractivity contribution >= 4 is 6.08 Å². The van der Waals surface area contributed by atoms with Gasteiger partial charge >= 0.3 is 0 Å². The Morgan fingerprint density at radius 2 is 0.661 bits per heavy atom. The topological polar surface area (TPSA) is 0 Å². The second kappa shape index (κ2) is 33.0. The first-order valence-electron chi connectivity index (χ1n) is 22.5. The van der Waals surface area contributed by atoms with Crippen LogP contribution in [0.25, 0.3) is 6.08 Å². The Bertz CT molecular complexity index is 1800. The van der Waals surface area contributed by atoms with Crippen molar-refractivity contribution in [1.82, 2.24) is 0 Å². The number of fused-ring (bicyclic) bond motifs is 2. The van der Waals surface area contributed by atoms with E-state index < -0.39 is 0 Å². The average molecular weight is 791 g/mol. The maximum Gasteiger partial charge on any atom is -0.00547 e. The predicted molar refractivity (Wildman–Crippen MR) is 269 cm³/mol. The zero-order valence-corrected chi connectivity index (χ0v) is 40.3. The fraction of sp³-hybridized carbons (Fsp3) is 0.356. The lowest BCUT2D eigenvalue weighted by Gasteiger charge is -2.10. The van der Waals surface area contributed by atoms with Crippen LogP contribution in [0, 0.1) is 61.3 Å². The normalized spacial score (nSPS) is 11.9. The van der Waals surface area contributed by atoms with E-state index in [2.05, 4.69) is 185 Å². The van der Waals surface area contributed by atoms with Crippen LogP contribution in [-0.2, 0) is 19.3 Å². The Labute approximate surface area is 364 Å². The highest BCUT2D eigenvalue weighted by Crippen LogP contribution is 2.38. The van der Waals surface area contributed by atoms with Crippen LogP contribution in [0.15, 0.2) is 151 Å². The molecule has 1 atom stereocenters. The number of hydrogen-bond donors (Lipinski definition) is 0. The van der Waals surface area contributed by atoms with E-state index >= 15 is 0 Å². The highest BCUT2D eigenvalue weighted by Gasteiger charge is 2.27. The van der Waals surface area contributed by atoms with Gasteiger partial charge in [-0.3, -0.25) is 0 Å². The van der Waals surface area contributed by atoms with E-state index in [1.54, 1.807) is 16.7 Å². The van der Waals surface area contributed by atoms with Gasteiger partial charge in [-0.25, -0.2) is 0 Å². The third kappa shape index (κ3) is 23.3. The second-order valence-corrected chi connectivity index (χ2v) is 14.8. The molecule has 0 heteroatoms. The fourth-order valence-corrected chi connectivity index (χ4v) is 6.11. The molecule has 2 aliphatic carbocycles. The Balaban J connectivity index is 0.000000731. The first-order chi connectivity index (χ1) is 28.5. The predicted octanol–water partition coefficient (Wildman–Crippen LogP) is 17.7. The maximum atomic E-state index is 2.44. The summed E-state index contributed by atoms with van der Waals surface area (Å²) in [5.74, 6) is 0.722. The smallest absolute Gasteiger partial charge is 0.00547 e. The molecule has 0 bridgehead atoms. The second-order valence-electron chi connectivity index (χ2n) is 14.8. The lowest BCUT2D eigenvalue weighted by Crippen LogP contribution is -2.03. The van der Waals surface area contributed by atoms with Gasteiger partial charge in [0.05, 0.1) is 0 Å². The Morgan fingerprint density at radius 3 is 1.02 bits per heavy atom. The minimum Gasteiger partial charge on any atom is -0.0683 e. The molecule has 1 unspecified atom stereocenters. The van der Waals surface area contributed by atoms with Gasteiger partial charge in [-0.15, -0.1) is 0 Å². The van der Waals surface area contributed by atoms with Gasteiger partial charge in [0.1, 0.15) is 0 Å². The molecule has 318 valence electrons. The molecule has 2 aliphatic rings. The molecule has 0 fully saturated rings. The van der Waals surface area contributed by atoms with Crippen molar-refractivity contribution in [3.05, 3.63) is 218 Å². The molecule has 0 spiro atoms. The molecule has 0 saturated carbocycles. The van der Waals surface area contributed by atoms with Crippen molar-refractivity contribution < 1.29 is 0 Å². The summed E-state index contributed by atoms with van der Waals surface area (Å²) in [5, 5.41) is 0. The minimum atomic E-state index is 0.722. The molecule has 0 aliphatic heterocycles. The molecule has 0 saturated heterocycles. The molecule has 0 nitrogen and oxygen atoms in total. The fourth-order valence-electron chi connectivity index (χ4n) is 6.11. The molecule has 0 aromatic heterocycles. The Morgan fingerprint density at radius 1 is 0.356 bits per heavy atom. The molecular formula is C59H82. The lowest BCUT2D eigenvalue weighted by molar-refractivity contribution is 0.650. The molecule has 6 aromatic carbocycles. The summed E-state index contributed by atoms with van der Waals surface area (Å²) >= 11 is 0. The summed E-state index contributed by atoms with van der Waals surface area (Å²) in [6.07, 6.45) is 7.32. The van der Waals surface area contributed by atoms with Gasteiger partial charge in [0, 0.05) is 0 Å². The Kier molecular flexibility index (Phi) is 30.2. The number of allylic oxidation sites excluding steroid dienone is 1. The van der Waals surface area contributed by atoms with Crippen LogP contribution in [-0.4, -0.2) is 0 Å². The van der Waals surface area contributed by atoms with E-state index in [9.17, 15) is 0 Å². The summed E-state index contributed by atoms with van der Waals surface area (Å²) in [4.78, 5) is 0. The van der Waals surface area contributed by atoms with Gasteiger partial charge in [0.15, 0.2) is 0 Å². The van der Waals surface area contributed by atoms with E-state index in [-0.39, 0.29) is 0 Å². The number of aryl methyl sites for hydroxylation is 8. The van der Waals surface area contributed by atoms with Crippen molar-refractivity contribution in [1.29, 1.82) is 0 Å². The largest absolute Gasteiger partial charge is 0.0683 e. The zero-order chi connectivity index (χ0) is 44.6. The summed E-state index contributed by atoms with van der Waals surface area (Å²) in [6, 6.07) is 51.3. The van der Waals surface area contributed by atoms with Crippen LogP contribution in [0.3, 0.4) is 0 Å². The van der Waals surface area contributed by atoms with Crippen LogP contribution in [0.5, 0.6) is 0 Å². The lowest BCUT2D eigenvalue weighted by atomic mass is 9.94. The molecular weight excluding hydrogens is 709 g/mol. The standard InChI is InChI=1S/C20H20.2C8H10.2C7H8.C3H8.3C2H6/c1-13-3-5-15-9-19(11-17(15)7-13)20-10-16-6-4-14(2)8-18(16)12-20;2*1-7-3-5-8(2)6-4-7;2*1-7-5-3-2-4-6-7;1-3-2;3*1-2/h3-9,20H,10-12H2,1-2H3;2*3-6H,1-2H3;2*2-6H,1H3;3H2,1-2H3;3*1-2H3. The zero-order valence-electron chi connectivity index (χ0n) is 40.3. The minimum absolute atomic E-state index is 0.722. The van der Waals surface area contributed by atoms with Gasteiger partial charge in [0.2, 0.25) is 0 Å². The highest BCUT2D eigenvalue weighted by molar-refractivity contribution is 5.65. The van der Waals surface area contributed by atoms with Crippen molar-refractivity contribution in [3.8, 4) is 0 Å². The summed E-state index contributed by atoms with van der Waals surface area (Å²) < 4.78 is 0. The van der Waals surface area contributed by atoms with Crippen molar-refractivity contribution in [2.45, 2.75) is 136 Å². The van der Waals surface area contributed by atoms with Crippen LogP contribution in [0.1, 0.15) is 129 Å². The van der Waals surface area contributed by atoms with Gasteiger partial charge in [-0.05, 0) is 103 Å². The molecule has 0 radical (unpaired) electrons. The van der Waals surface area contributed by atoms with E-state index in [1.165, 1.54) is 74.9 Å². The van der Waals surface area contributed by atoms with Crippen molar-refractivity contribution in [2.24, 2.45) is 5.92 Å². The van der Waals surface area contributed by atoms with Gasteiger partial charge in [0.25, 0.3) is 0 Å². The molecule has 0 heterocycles. The van der Waals surface area contributed by atoms with E-state index in [4.69, 9.17) is 0 Å². The molecule has 6 aromatic rings. The SMILES string of the molecule is CC.CC.CC.CCC.Cc1ccc(C)cc1.Cc1ccc(C)cc1.Cc1ccc2c(c1)CC(C1Cc3ccc(C)cc3C1)=C2.Cc1ccccc1.Cc1ccccc1. The molecule has 59 heavy (non-hydrogen) atoms. The van der Waals surface area contributed by atoms with Crippen molar-refractivity contribution in [3.63, 3.8) is 0 Å². The monoisotopic (exact) mass is 791 g/mol. The summed E-state index contributed by atoms with van der Waals surface area (Å²) in [5.41, 5.74) is 18.5. The molecule has 8 rings (SSSR count). The van der Waals surface area contributed by atoms with Crippen LogP contribution < -0.4 is 0 Å². The third-order valence-electron chi connectivity index (χ3n) is 9.17. The van der Waals surface area contributed by atoms with Gasteiger partial charge in [-0.2, -0.15) is 0 Å². The number of hydrogen-bond acceptors (Lipinski definition) is 0. The average Bonchev–Trinajstić information content (AvgIpc) is 3.88. The number of benzene rings is 6. The quantitative estimate of drug-likeness (QED) is 0.156. The van der Waals surface area contributed by atoms with E-state index in [0.717, 1.165) is 12.3 Å². The molecule has 0 amide bonds. The van der Waals surface area contributed by atoms with E-state index in [0.29, 0.717) is 0 Å². The van der Waals surface area contributed by atoms with E-state index in [1.807, 2.05) is 77.9 Å². The van der Waals surface area contributed by atoms with Gasteiger partial charge < -0.3 is 0 Å². The van der Waals surface area contributed by atoms with Crippen LogP contribution in [0.2, 0.25) is 0 Å². The Hall–Kier alpha value is -4.94. The highest BCUT2D eigenvalue weighted by atomic mass is 14.3. The summed E-state index contributed by atoms with van der Waals surface area (Å²) in [6.45, 7) is 33.2. The van der Waals surface area contributed by atoms with Crippen LogP contribution >= 0.6 is 0 Å². The van der Waals surface area contributed by atoms with Gasteiger partial charge in [-0.1, -0.05) is 264 Å². The number of rotatable bonds is 1. The third-order valence-corrected chi connectivity index (χ3v) is 9.17. The first-order valence-corrected chi connectivity index (χ1v) is 22.5.